The van der Waals surface area contributed by atoms with E-state index >= 15 is 0 Å². The van der Waals surface area contributed by atoms with E-state index in [1.54, 1.807) is 13.8 Å². The first-order valence-corrected chi connectivity index (χ1v) is 8.91. The zero-order valence-corrected chi connectivity index (χ0v) is 15.1. The predicted molar refractivity (Wildman–Crippen MR) is 85.5 cm³/mol. The SMILES string of the molecule is CC(C)N(C)C(=O)COC(=O)CNS(=O)(=O)c1cccc(C(F)(F)F)c1. The number of hydrogen-bond donors (Lipinski definition) is 1. The molecule has 0 heterocycles. The third-order valence-electron chi connectivity index (χ3n) is 3.40. The van der Waals surface area contributed by atoms with Gasteiger partial charge >= 0.3 is 12.1 Å². The molecular formula is C15H19F3N2O5S. The number of likely N-dealkylation sites (N-methyl/N-ethyl adjacent to an activating group) is 1. The van der Waals surface area contributed by atoms with Gasteiger partial charge in [-0.2, -0.15) is 17.9 Å². The molecule has 1 aromatic rings. The lowest BCUT2D eigenvalue weighted by Gasteiger charge is -2.21. The Bertz CT molecular complexity index is 763. The summed E-state index contributed by atoms with van der Waals surface area (Å²) in [5.41, 5.74) is -1.13. The highest BCUT2D eigenvalue weighted by Crippen LogP contribution is 2.30. The smallest absolute Gasteiger partial charge is 0.416 e. The number of nitrogens with one attached hydrogen (secondary N) is 1. The standard InChI is InChI=1S/C15H19F3N2O5S/c1-10(2)20(3)13(21)9-25-14(22)8-19-26(23,24)12-6-4-5-11(7-12)15(16,17)18/h4-7,10,19H,8-9H2,1-3H3. The van der Waals surface area contributed by atoms with Gasteiger partial charge in [0.1, 0.15) is 6.54 Å². The van der Waals surface area contributed by atoms with Crippen molar-refractivity contribution in [2.24, 2.45) is 0 Å². The predicted octanol–water partition coefficient (Wildman–Crippen LogP) is 1.39. The van der Waals surface area contributed by atoms with Crippen molar-refractivity contribution in [3.63, 3.8) is 0 Å². The third kappa shape index (κ3) is 6.30. The lowest BCUT2D eigenvalue weighted by molar-refractivity contribution is -0.151. The Morgan fingerprint density at radius 2 is 1.88 bits per heavy atom. The number of ether oxygens (including phenoxy) is 1. The van der Waals surface area contributed by atoms with E-state index in [1.165, 1.54) is 11.9 Å². The summed E-state index contributed by atoms with van der Waals surface area (Å²) in [6.45, 7) is 2.11. The number of sulfonamides is 1. The molecule has 0 atom stereocenters. The molecule has 0 radical (unpaired) electrons. The van der Waals surface area contributed by atoms with E-state index in [0.717, 1.165) is 18.2 Å². The van der Waals surface area contributed by atoms with Crippen molar-refractivity contribution in [2.75, 3.05) is 20.2 Å². The molecule has 0 saturated carbocycles. The number of nitrogens with zero attached hydrogens (tertiary/aromatic N) is 1. The van der Waals surface area contributed by atoms with E-state index in [1.807, 2.05) is 4.72 Å². The Balaban J connectivity index is 2.66. The summed E-state index contributed by atoms with van der Waals surface area (Å²) in [4.78, 5) is 23.9. The van der Waals surface area contributed by atoms with Crippen LogP contribution in [0, 0.1) is 0 Å². The molecule has 1 N–H and O–H groups in total. The van der Waals surface area contributed by atoms with E-state index in [0.29, 0.717) is 6.07 Å². The van der Waals surface area contributed by atoms with Gasteiger partial charge in [-0.25, -0.2) is 8.42 Å². The van der Waals surface area contributed by atoms with Crippen LogP contribution in [0.1, 0.15) is 19.4 Å². The fraction of sp³-hybridized carbons (Fsp3) is 0.467. The van der Waals surface area contributed by atoms with E-state index in [-0.39, 0.29) is 6.04 Å². The Labute approximate surface area is 149 Å². The summed E-state index contributed by atoms with van der Waals surface area (Å²) in [5.74, 6) is -1.51. The van der Waals surface area contributed by atoms with Gasteiger partial charge in [-0.15, -0.1) is 0 Å². The molecule has 0 aliphatic rings. The molecule has 1 rings (SSSR count). The van der Waals surface area contributed by atoms with E-state index < -0.39 is 51.7 Å². The van der Waals surface area contributed by atoms with Crippen molar-refractivity contribution in [1.29, 1.82) is 0 Å². The van der Waals surface area contributed by atoms with Gasteiger partial charge in [-0.1, -0.05) is 6.07 Å². The van der Waals surface area contributed by atoms with Crippen LogP contribution in [0.5, 0.6) is 0 Å². The number of amides is 1. The molecule has 0 saturated heterocycles. The van der Waals surface area contributed by atoms with Crippen molar-refractivity contribution in [3.05, 3.63) is 29.8 Å². The molecule has 0 aliphatic carbocycles. The van der Waals surface area contributed by atoms with Crippen LogP contribution in [0.4, 0.5) is 13.2 Å². The van der Waals surface area contributed by atoms with Crippen molar-refractivity contribution < 1.29 is 35.9 Å². The number of carbonyl (C=O) groups excluding carboxylic acids is 2. The second-order valence-corrected chi connectivity index (χ2v) is 7.38. The van der Waals surface area contributed by atoms with E-state index in [9.17, 15) is 31.2 Å². The largest absolute Gasteiger partial charge is 0.455 e. The van der Waals surface area contributed by atoms with Crippen LogP contribution in [0.25, 0.3) is 0 Å². The van der Waals surface area contributed by atoms with E-state index in [2.05, 4.69) is 4.74 Å². The normalized spacial score (nSPS) is 12.1. The average Bonchev–Trinajstić information content (AvgIpc) is 2.56. The number of alkyl halides is 3. The summed E-state index contributed by atoms with van der Waals surface area (Å²) in [7, 11) is -2.84. The first-order chi connectivity index (χ1) is 11.8. The number of benzene rings is 1. The quantitative estimate of drug-likeness (QED) is 0.704. The molecule has 1 amide bonds. The first-order valence-electron chi connectivity index (χ1n) is 7.43. The highest BCUT2D eigenvalue weighted by Gasteiger charge is 2.31. The highest BCUT2D eigenvalue weighted by molar-refractivity contribution is 7.89. The van der Waals surface area contributed by atoms with Gasteiger partial charge in [0, 0.05) is 13.1 Å². The number of esters is 1. The second-order valence-electron chi connectivity index (χ2n) is 5.61. The Hall–Kier alpha value is -2.14. The van der Waals surface area contributed by atoms with E-state index in [4.69, 9.17) is 0 Å². The molecule has 11 heteroatoms. The summed E-state index contributed by atoms with van der Waals surface area (Å²) in [6.07, 6.45) is -4.70. The number of halogens is 3. The maximum atomic E-state index is 12.6. The maximum Gasteiger partial charge on any atom is 0.416 e. The van der Waals surface area contributed by atoms with Crippen LogP contribution in [-0.2, 0) is 30.5 Å². The van der Waals surface area contributed by atoms with Gasteiger partial charge in [0.15, 0.2) is 6.61 Å². The number of rotatable bonds is 7. The minimum Gasteiger partial charge on any atom is -0.455 e. The van der Waals surface area contributed by atoms with Crippen molar-refractivity contribution in [1.82, 2.24) is 9.62 Å². The molecule has 0 bridgehead atoms. The molecule has 146 valence electrons. The van der Waals surface area contributed by atoms with Crippen LogP contribution in [-0.4, -0.2) is 51.4 Å². The monoisotopic (exact) mass is 396 g/mol. The number of carbonyl (C=O) groups is 2. The average molecular weight is 396 g/mol. The zero-order valence-electron chi connectivity index (χ0n) is 14.3. The number of hydrogen-bond acceptors (Lipinski definition) is 5. The third-order valence-corrected chi connectivity index (χ3v) is 4.80. The van der Waals surface area contributed by atoms with Crippen LogP contribution in [0.3, 0.4) is 0 Å². The zero-order chi connectivity index (χ0) is 20.1. The van der Waals surface area contributed by atoms with Crippen LogP contribution < -0.4 is 4.72 Å². The maximum absolute atomic E-state index is 12.6. The molecule has 26 heavy (non-hydrogen) atoms. The Morgan fingerprint density at radius 3 is 2.42 bits per heavy atom. The topological polar surface area (TPSA) is 92.8 Å². The molecule has 0 aliphatic heterocycles. The summed E-state index contributed by atoms with van der Waals surface area (Å²) in [5, 5.41) is 0. The minimum atomic E-state index is -4.70. The molecule has 7 nitrogen and oxygen atoms in total. The van der Waals surface area contributed by atoms with Crippen molar-refractivity contribution >= 4 is 21.9 Å². The molecule has 0 spiro atoms. The van der Waals surface area contributed by atoms with Crippen molar-refractivity contribution in [2.45, 2.75) is 31.0 Å². The highest BCUT2D eigenvalue weighted by atomic mass is 32.2. The fourth-order valence-corrected chi connectivity index (χ4v) is 2.67. The lowest BCUT2D eigenvalue weighted by atomic mass is 10.2. The summed E-state index contributed by atoms with van der Waals surface area (Å²) < 4.78 is 68.4. The summed E-state index contributed by atoms with van der Waals surface area (Å²) >= 11 is 0. The second kappa shape index (κ2) is 8.49. The Morgan fingerprint density at radius 1 is 1.27 bits per heavy atom. The Kier molecular flexibility index (Phi) is 7.16. The van der Waals surface area contributed by atoms with Crippen LogP contribution in [0.15, 0.2) is 29.2 Å². The molecule has 0 unspecified atom stereocenters. The fourth-order valence-electron chi connectivity index (χ4n) is 1.66. The van der Waals surface area contributed by atoms with Crippen LogP contribution >= 0.6 is 0 Å². The first kappa shape index (κ1) is 21.9. The van der Waals surface area contributed by atoms with Gasteiger partial charge in [-0.3, -0.25) is 9.59 Å². The van der Waals surface area contributed by atoms with Crippen LogP contribution in [0.2, 0.25) is 0 Å². The van der Waals surface area contributed by atoms with Gasteiger partial charge in [-0.05, 0) is 32.0 Å². The van der Waals surface area contributed by atoms with Gasteiger partial charge in [0.2, 0.25) is 10.0 Å². The molecule has 0 aromatic heterocycles. The molecule has 1 aromatic carbocycles. The lowest BCUT2D eigenvalue weighted by Crippen LogP contribution is -2.37. The molecule has 0 fully saturated rings. The summed E-state index contributed by atoms with van der Waals surface area (Å²) in [6, 6.07) is 2.97. The van der Waals surface area contributed by atoms with Crippen molar-refractivity contribution in [3.8, 4) is 0 Å². The van der Waals surface area contributed by atoms with Gasteiger partial charge in [0.25, 0.3) is 5.91 Å². The minimum absolute atomic E-state index is 0.111. The van der Waals surface area contributed by atoms with Gasteiger partial charge in [0.05, 0.1) is 10.5 Å². The molecular weight excluding hydrogens is 377 g/mol. The van der Waals surface area contributed by atoms with Gasteiger partial charge < -0.3 is 9.64 Å².